The molecule has 112 valence electrons. The molecule has 1 heterocycles. The first-order valence-corrected chi connectivity index (χ1v) is 6.68. The Labute approximate surface area is 122 Å². The van der Waals surface area contributed by atoms with Gasteiger partial charge in [0.1, 0.15) is 0 Å². The first-order chi connectivity index (χ1) is 9.95. The minimum atomic E-state index is -0.811. The molecule has 2 rings (SSSR count). The smallest absolute Gasteiger partial charge is 0.361 e. The second-order valence-electron chi connectivity index (χ2n) is 5.21. The van der Waals surface area contributed by atoms with Crippen molar-refractivity contribution in [2.45, 2.75) is 26.4 Å². The number of benzene rings is 1. The topological polar surface area (TPSA) is 72.9 Å². The van der Waals surface area contributed by atoms with Crippen molar-refractivity contribution in [3.63, 3.8) is 0 Å². The lowest BCUT2D eigenvalue weighted by Gasteiger charge is -2.19. The molecule has 6 nitrogen and oxygen atoms in total. The Morgan fingerprint density at radius 3 is 2.10 bits per heavy atom. The molecule has 6 heteroatoms. The van der Waals surface area contributed by atoms with Crippen molar-refractivity contribution >= 4 is 17.8 Å². The van der Waals surface area contributed by atoms with Crippen molar-refractivity contribution in [3.8, 4) is 0 Å². The Morgan fingerprint density at radius 1 is 1.14 bits per heavy atom. The Morgan fingerprint density at radius 2 is 1.67 bits per heavy atom. The van der Waals surface area contributed by atoms with Crippen LogP contribution in [0.5, 0.6) is 0 Å². The van der Waals surface area contributed by atoms with Crippen LogP contribution in [0.4, 0.5) is 0 Å². The highest BCUT2D eigenvalue weighted by atomic mass is 16.7. The standard InChI is InChI=1S/C15H17NO5/c1-9(2)8-12(20-3)15(19)21-16-13(17)10-6-4-5-7-11(10)14(16)18/h4-7,9,12H,8H2,1-3H3. The number of amides is 2. The molecule has 1 aliphatic heterocycles. The van der Waals surface area contributed by atoms with Crippen LogP contribution in [0.15, 0.2) is 24.3 Å². The molecular weight excluding hydrogens is 274 g/mol. The number of methoxy groups -OCH3 is 1. The molecule has 0 bridgehead atoms. The predicted molar refractivity (Wildman–Crippen MR) is 73.3 cm³/mol. The molecule has 0 N–H and O–H groups in total. The number of hydrogen-bond donors (Lipinski definition) is 0. The minimum Gasteiger partial charge on any atom is -0.370 e. The van der Waals surface area contributed by atoms with Crippen LogP contribution in [0.2, 0.25) is 0 Å². The maximum absolute atomic E-state index is 12.1. The van der Waals surface area contributed by atoms with Gasteiger partial charge < -0.3 is 9.57 Å². The van der Waals surface area contributed by atoms with Crippen molar-refractivity contribution < 1.29 is 24.0 Å². The molecule has 0 saturated carbocycles. The van der Waals surface area contributed by atoms with Crippen LogP contribution < -0.4 is 0 Å². The van der Waals surface area contributed by atoms with E-state index in [-0.39, 0.29) is 17.0 Å². The van der Waals surface area contributed by atoms with Crippen LogP contribution >= 0.6 is 0 Å². The lowest BCUT2D eigenvalue weighted by molar-refractivity contribution is -0.181. The van der Waals surface area contributed by atoms with Gasteiger partial charge in [-0.3, -0.25) is 9.59 Å². The van der Waals surface area contributed by atoms with E-state index in [2.05, 4.69) is 0 Å². The van der Waals surface area contributed by atoms with E-state index in [1.54, 1.807) is 12.1 Å². The van der Waals surface area contributed by atoms with Gasteiger partial charge in [0.25, 0.3) is 11.8 Å². The number of ether oxygens (including phenoxy) is 1. The Balaban J connectivity index is 2.13. The van der Waals surface area contributed by atoms with E-state index in [1.807, 2.05) is 13.8 Å². The second-order valence-corrected chi connectivity index (χ2v) is 5.21. The summed E-state index contributed by atoms with van der Waals surface area (Å²) in [7, 11) is 1.39. The van der Waals surface area contributed by atoms with E-state index in [0.29, 0.717) is 11.5 Å². The molecule has 0 fully saturated rings. The van der Waals surface area contributed by atoms with E-state index >= 15 is 0 Å². The number of carbonyl (C=O) groups is 3. The monoisotopic (exact) mass is 291 g/mol. The summed E-state index contributed by atoms with van der Waals surface area (Å²) in [6.45, 7) is 3.86. The molecule has 1 aromatic rings. The number of nitrogens with zero attached hydrogens (tertiary/aromatic N) is 1. The van der Waals surface area contributed by atoms with Crippen LogP contribution in [0.25, 0.3) is 0 Å². The largest absolute Gasteiger partial charge is 0.370 e. The van der Waals surface area contributed by atoms with Crippen LogP contribution in [-0.4, -0.2) is 36.1 Å². The number of imide groups is 1. The molecule has 1 unspecified atom stereocenters. The molecular formula is C15H17NO5. The first-order valence-electron chi connectivity index (χ1n) is 6.68. The van der Waals surface area contributed by atoms with Gasteiger partial charge in [0, 0.05) is 7.11 Å². The lowest BCUT2D eigenvalue weighted by Crippen LogP contribution is -2.38. The zero-order valence-corrected chi connectivity index (χ0v) is 12.2. The van der Waals surface area contributed by atoms with Gasteiger partial charge in [-0.05, 0) is 24.5 Å². The number of hydroxylamine groups is 2. The molecule has 2 amide bonds. The molecule has 0 aromatic heterocycles. The number of fused-ring (bicyclic) bond motifs is 1. The molecule has 21 heavy (non-hydrogen) atoms. The number of hydrogen-bond acceptors (Lipinski definition) is 5. The van der Waals surface area contributed by atoms with Crippen molar-refractivity contribution in [3.05, 3.63) is 35.4 Å². The molecule has 1 aliphatic rings. The van der Waals surface area contributed by atoms with Crippen molar-refractivity contribution in [1.29, 1.82) is 0 Å². The number of carbonyl (C=O) groups excluding carboxylic acids is 3. The van der Waals surface area contributed by atoms with E-state index < -0.39 is 23.9 Å². The summed E-state index contributed by atoms with van der Waals surface area (Å²) in [5, 5.41) is 0.499. The molecule has 0 radical (unpaired) electrons. The fourth-order valence-electron chi connectivity index (χ4n) is 2.12. The van der Waals surface area contributed by atoms with Gasteiger partial charge in [-0.2, -0.15) is 0 Å². The molecule has 1 atom stereocenters. The summed E-state index contributed by atoms with van der Waals surface area (Å²) in [5.74, 6) is -1.81. The van der Waals surface area contributed by atoms with E-state index in [9.17, 15) is 14.4 Å². The van der Waals surface area contributed by atoms with Crippen molar-refractivity contribution in [1.82, 2.24) is 5.06 Å². The third-order valence-corrected chi connectivity index (χ3v) is 3.17. The van der Waals surface area contributed by atoms with Gasteiger partial charge in [0.05, 0.1) is 11.1 Å². The average molecular weight is 291 g/mol. The summed E-state index contributed by atoms with van der Waals surface area (Å²) in [4.78, 5) is 41.1. The summed E-state index contributed by atoms with van der Waals surface area (Å²) in [5.41, 5.74) is 0.459. The number of rotatable bonds is 5. The molecule has 0 aliphatic carbocycles. The highest BCUT2D eigenvalue weighted by Crippen LogP contribution is 2.23. The highest BCUT2D eigenvalue weighted by molar-refractivity contribution is 6.20. The van der Waals surface area contributed by atoms with Crippen molar-refractivity contribution in [2.75, 3.05) is 7.11 Å². The van der Waals surface area contributed by atoms with Gasteiger partial charge in [-0.15, -0.1) is 0 Å². The SMILES string of the molecule is COC(CC(C)C)C(=O)ON1C(=O)c2ccccc2C1=O. The third kappa shape index (κ3) is 2.95. The fraction of sp³-hybridized carbons (Fsp3) is 0.400. The maximum Gasteiger partial charge on any atom is 0.361 e. The third-order valence-electron chi connectivity index (χ3n) is 3.17. The van der Waals surface area contributed by atoms with E-state index in [0.717, 1.165) is 0 Å². The summed E-state index contributed by atoms with van der Waals surface area (Å²) >= 11 is 0. The summed E-state index contributed by atoms with van der Waals surface area (Å²) in [6.07, 6.45) is -0.368. The van der Waals surface area contributed by atoms with Crippen LogP contribution in [0.1, 0.15) is 41.0 Å². The zero-order valence-electron chi connectivity index (χ0n) is 12.2. The summed E-state index contributed by atoms with van der Waals surface area (Å²) < 4.78 is 5.06. The minimum absolute atomic E-state index is 0.213. The van der Waals surface area contributed by atoms with Gasteiger partial charge in [-0.1, -0.05) is 31.0 Å². The first kappa shape index (κ1) is 15.2. The Kier molecular flexibility index (Phi) is 4.37. The predicted octanol–water partition coefficient (Wildman–Crippen LogP) is 1.80. The normalized spacial score (nSPS) is 15.3. The fourth-order valence-corrected chi connectivity index (χ4v) is 2.12. The molecule has 0 spiro atoms. The van der Waals surface area contributed by atoms with Gasteiger partial charge in [0.2, 0.25) is 0 Å². The summed E-state index contributed by atoms with van der Waals surface area (Å²) in [6, 6.07) is 6.33. The van der Waals surface area contributed by atoms with E-state index in [4.69, 9.17) is 9.57 Å². The lowest BCUT2D eigenvalue weighted by atomic mass is 10.1. The zero-order chi connectivity index (χ0) is 15.6. The maximum atomic E-state index is 12.1. The Hall–Kier alpha value is -2.21. The average Bonchev–Trinajstić information content (AvgIpc) is 2.70. The highest BCUT2D eigenvalue weighted by Gasteiger charge is 2.39. The van der Waals surface area contributed by atoms with Crippen LogP contribution in [-0.2, 0) is 14.4 Å². The van der Waals surface area contributed by atoms with Gasteiger partial charge >= 0.3 is 5.97 Å². The van der Waals surface area contributed by atoms with Crippen LogP contribution in [0, 0.1) is 5.92 Å². The molecule has 0 saturated heterocycles. The van der Waals surface area contributed by atoms with Gasteiger partial charge in [0.15, 0.2) is 6.10 Å². The van der Waals surface area contributed by atoms with Crippen LogP contribution in [0.3, 0.4) is 0 Å². The quantitative estimate of drug-likeness (QED) is 0.773. The van der Waals surface area contributed by atoms with Crippen molar-refractivity contribution in [2.24, 2.45) is 5.92 Å². The van der Waals surface area contributed by atoms with E-state index in [1.165, 1.54) is 19.2 Å². The second kappa shape index (κ2) is 6.05. The Bertz CT molecular complexity index is 546. The molecule has 1 aromatic carbocycles. The van der Waals surface area contributed by atoms with Gasteiger partial charge in [-0.25, -0.2) is 4.79 Å².